The van der Waals surface area contributed by atoms with Crippen LogP contribution in [0.5, 0.6) is 5.75 Å². The minimum absolute atomic E-state index is 0.0895. The van der Waals surface area contributed by atoms with Crippen molar-refractivity contribution in [2.75, 3.05) is 13.7 Å². The van der Waals surface area contributed by atoms with Gasteiger partial charge in [-0.1, -0.05) is 25.2 Å². The van der Waals surface area contributed by atoms with E-state index in [4.69, 9.17) is 9.47 Å². The van der Waals surface area contributed by atoms with Gasteiger partial charge in [0.05, 0.1) is 13.7 Å². The Kier molecular flexibility index (Phi) is 5.18. The lowest BCUT2D eigenvalue weighted by Gasteiger charge is -2.06. The fraction of sp³-hybridized carbons (Fsp3) is 0.500. The molecule has 1 aromatic rings. The number of methoxy groups -OCH3 is 1. The molecule has 16 heavy (non-hydrogen) atoms. The van der Waals surface area contributed by atoms with E-state index in [1.165, 1.54) is 0 Å². The molecule has 0 atom stereocenters. The summed E-state index contributed by atoms with van der Waals surface area (Å²) in [4.78, 5) is 11.6. The molecule has 0 spiro atoms. The van der Waals surface area contributed by atoms with E-state index in [1.54, 1.807) is 7.11 Å². The zero-order valence-corrected chi connectivity index (χ0v) is 11.0. The predicted octanol–water partition coefficient (Wildman–Crippen LogP) is 2.75. The minimum Gasteiger partial charge on any atom is -0.497 e. The lowest BCUT2D eigenvalue weighted by atomic mass is 10.1. The second-order valence-electron chi connectivity index (χ2n) is 4.05. The molecule has 0 fully saturated rings. The summed E-state index contributed by atoms with van der Waals surface area (Å²) in [6, 6.07) is 3.66. The number of carbonyl (C=O) groups excluding carboxylic acids is 1. The van der Waals surface area contributed by atoms with E-state index < -0.39 is 8.40 Å². The van der Waals surface area contributed by atoms with Crippen LogP contribution in [0.3, 0.4) is 0 Å². The maximum atomic E-state index is 11.6. The van der Waals surface area contributed by atoms with Gasteiger partial charge in [0.15, 0.2) is 8.40 Å². The molecule has 0 amide bonds. The van der Waals surface area contributed by atoms with Crippen molar-refractivity contribution in [3.63, 3.8) is 0 Å². The van der Waals surface area contributed by atoms with Crippen molar-refractivity contribution in [1.29, 1.82) is 0 Å². The summed E-state index contributed by atoms with van der Waals surface area (Å²) in [5, 5.41) is 0. The Bertz CT molecular complexity index is 333. The van der Waals surface area contributed by atoms with E-state index in [-0.39, 0.29) is 5.59 Å². The van der Waals surface area contributed by atoms with Crippen molar-refractivity contribution in [2.45, 2.75) is 20.3 Å². The average Bonchev–Trinajstić information content (AvgIpc) is 2.28. The predicted molar refractivity (Wildman–Crippen MR) is 65.1 cm³/mol. The topological polar surface area (TPSA) is 35.5 Å². The van der Waals surface area contributed by atoms with Gasteiger partial charge >= 0.3 is 0 Å². The summed E-state index contributed by atoms with van der Waals surface area (Å²) in [6.45, 7) is 4.75. The molecule has 0 aliphatic carbocycles. The van der Waals surface area contributed by atoms with Gasteiger partial charge in [-0.25, -0.2) is 0 Å². The Hall–Kier alpha value is -1.16. The maximum absolute atomic E-state index is 11.6. The molecular formula is C12H18O3Si. The van der Waals surface area contributed by atoms with E-state index in [9.17, 15) is 4.79 Å². The first kappa shape index (κ1) is 12.9. The summed E-state index contributed by atoms with van der Waals surface area (Å²) in [5.41, 5.74) is 3.69. The summed E-state index contributed by atoms with van der Waals surface area (Å²) in [7, 11) is 0.325. The van der Waals surface area contributed by atoms with Gasteiger partial charge in [-0.2, -0.15) is 0 Å². The minimum atomic E-state index is -1.29. The van der Waals surface area contributed by atoms with Gasteiger partial charge in [0, 0.05) is 0 Å². The molecule has 1 rings (SSSR count). The first-order valence-corrected chi connectivity index (χ1v) is 7.10. The van der Waals surface area contributed by atoms with E-state index >= 15 is 0 Å². The maximum Gasteiger partial charge on any atom is 0.297 e. The van der Waals surface area contributed by atoms with Crippen LogP contribution in [0.25, 0.3) is 0 Å². The number of rotatable bonds is 5. The largest absolute Gasteiger partial charge is 0.497 e. The van der Waals surface area contributed by atoms with E-state index in [2.05, 4.69) is 13.8 Å². The molecule has 0 saturated carbocycles. The zero-order chi connectivity index (χ0) is 12.0. The molecule has 0 N–H and O–H groups in total. The standard InChI is InChI=1S/C12H18O3Si/c1-10(2)4-7-15-12(13)16-8-5-11(14-3)6-9-16/h5-6,8-10H,4,7H2,1-3H3. The highest BCUT2D eigenvalue weighted by atomic mass is 28.2. The molecule has 0 aromatic carbocycles. The quantitative estimate of drug-likeness (QED) is 0.740. The SMILES string of the molecule is COc1cc[si](C(=O)OCCC(C)C)cc1. The first-order valence-electron chi connectivity index (χ1n) is 5.44. The van der Waals surface area contributed by atoms with Crippen LogP contribution >= 0.6 is 0 Å². The summed E-state index contributed by atoms with van der Waals surface area (Å²) in [5.74, 6) is 1.35. The summed E-state index contributed by atoms with van der Waals surface area (Å²) < 4.78 is 10.3. The molecule has 1 aromatic heterocycles. The van der Waals surface area contributed by atoms with Crippen LogP contribution in [0.1, 0.15) is 20.3 Å². The van der Waals surface area contributed by atoms with Crippen molar-refractivity contribution in [1.82, 2.24) is 0 Å². The molecule has 0 bridgehead atoms. The van der Waals surface area contributed by atoms with E-state index in [0.29, 0.717) is 12.5 Å². The fourth-order valence-electron chi connectivity index (χ4n) is 1.20. The molecule has 0 saturated heterocycles. The van der Waals surface area contributed by atoms with Crippen LogP contribution in [0.4, 0.5) is 4.79 Å². The van der Waals surface area contributed by atoms with Gasteiger partial charge in [0.25, 0.3) is 5.59 Å². The summed E-state index contributed by atoms with van der Waals surface area (Å²) >= 11 is 0. The van der Waals surface area contributed by atoms with Crippen LogP contribution in [0, 0.1) is 5.92 Å². The third kappa shape index (κ3) is 4.14. The van der Waals surface area contributed by atoms with Crippen LogP contribution in [-0.2, 0) is 4.74 Å². The van der Waals surface area contributed by atoms with Crippen LogP contribution in [0.15, 0.2) is 23.5 Å². The van der Waals surface area contributed by atoms with Gasteiger partial charge < -0.3 is 9.47 Å². The van der Waals surface area contributed by atoms with Crippen molar-refractivity contribution in [2.24, 2.45) is 5.92 Å². The molecule has 88 valence electrons. The van der Waals surface area contributed by atoms with Crippen molar-refractivity contribution < 1.29 is 14.3 Å². The Morgan fingerprint density at radius 1 is 1.38 bits per heavy atom. The Balaban J connectivity index is 2.46. The smallest absolute Gasteiger partial charge is 0.297 e. The zero-order valence-electron chi connectivity index (χ0n) is 10.0. The highest BCUT2D eigenvalue weighted by Crippen LogP contribution is 2.07. The molecular weight excluding hydrogens is 220 g/mol. The van der Waals surface area contributed by atoms with E-state index in [0.717, 1.165) is 12.2 Å². The summed E-state index contributed by atoms with van der Waals surface area (Å²) in [6.07, 6.45) is 0.920. The molecule has 3 nitrogen and oxygen atoms in total. The first-order chi connectivity index (χ1) is 7.63. The highest BCUT2D eigenvalue weighted by molar-refractivity contribution is 6.81. The second-order valence-corrected chi connectivity index (χ2v) is 6.03. The molecule has 1 heterocycles. The van der Waals surface area contributed by atoms with Gasteiger partial charge in [0.1, 0.15) is 5.75 Å². The van der Waals surface area contributed by atoms with E-state index in [1.807, 2.05) is 23.5 Å². The second kappa shape index (κ2) is 6.43. The molecule has 4 heteroatoms. The van der Waals surface area contributed by atoms with Gasteiger partial charge in [-0.05, 0) is 24.5 Å². The fourth-order valence-corrected chi connectivity index (χ4v) is 2.54. The Morgan fingerprint density at radius 2 is 2.00 bits per heavy atom. The van der Waals surface area contributed by atoms with Crippen LogP contribution < -0.4 is 4.74 Å². The third-order valence-corrected chi connectivity index (χ3v) is 3.92. The van der Waals surface area contributed by atoms with Gasteiger partial charge in [0.2, 0.25) is 0 Å². The molecule has 0 aliphatic heterocycles. The molecule has 0 unspecified atom stereocenters. The molecule has 0 aliphatic rings. The van der Waals surface area contributed by atoms with Crippen molar-refractivity contribution >= 4 is 14.0 Å². The number of hydrogen-bond donors (Lipinski definition) is 0. The van der Waals surface area contributed by atoms with Crippen LogP contribution in [-0.4, -0.2) is 27.7 Å². The normalized spacial score (nSPS) is 10.2. The molecule has 0 radical (unpaired) electrons. The third-order valence-electron chi connectivity index (χ3n) is 2.25. The Morgan fingerprint density at radius 3 is 2.50 bits per heavy atom. The number of ether oxygens (including phenoxy) is 2. The highest BCUT2D eigenvalue weighted by Gasteiger charge is 2.08. The average molecular weight is 238 g/mol. The van der Waals surface area contributed by atoms with Gasteiger partial charge in [-0.3, -0.25) is 4.79 Å². The number of hydrogen-bond acceptors (Lipinski definition) is 3. The lowest BCUT2D eigenvalue weighted by Crippen LogP contribution is -2.16. The Labute approximate surface area is 97.9 Å². The number of carbonyl (C=O) groups is 1. The van der Waals surface area contributed by atoms with Crippen LogP contribution in [0.2, 0.25) is 0 Å². The van der Waals surface area contributed by atoms with Crippen molar-refractivity contribution in [3.8, 4) is 5.75 Å². The van der Waals surface area contributed by atoms with Crippen molar-refractivity contribution in [3.05, 3.63) is 23.5 Å². The van der Waals surface area contributed by atoms with Gasteiger partial charge in [-0.15, -0.1) is 0 Å². The lowest BCUT2D eigenvalue weighted by molar-refractivity contribution is 0.166. The monoisotopic (exact) mass is 238 g/mol.